The Balaban J connectivity index is 1.31. The molecule has 1 amide bonds. The minimum Gasteiger partial charge on any atom is -0.480 e. The number of nitrogens with one attached hydrogen (secondary N) is 1. The summed E-state index contributed by atoms with van der Waals surface area (Å²) in [5, 5.41) is 12.6. The molecule has 2 atom stereocenters. The highest BCUT2D eigenvalue weighted by Crippen LogP contribution is 2.42. The first-order chi connectivity index (χ1) is 23.5. The molecule has 15 nitrogen and oxygen atoms in total. The number of nitrogens with two attached hydrogens (primary N) is 1. The topological polar surface area (TPSA) is 201 Å². The predicted octanol–water partition coefficient (Wildman–Crippen LogP) is 1.23. The van der Waals surface area contributed by atoms with Gasteiger partial charge in [0, 0.05) is 36.3 Å². The number of carbonyl (C=O) groups excluding carboxylic acids is 1. The molecule has 49 heavy (non-hydrogen) atoms. The molecule has 5 rings (SSSR count). The number of pyridine rings is 2. The lowest BCUT2D eigenvalue weighted by atomic mass is 10.0. The summed E-state index contributed by atoms with van der Waals surface area (Å²) in [6.45, 7) is 5.71. The minimum absolute atomic E-state index is 0.0172. The number of nitrogens with zero attached hydrogens (tertiary/aromatic N) is 5. The molecule has 4 aromatic rings. The van der Waals surface area contributed by atoms with E-state index in [0.717, 1.165) is 4.31 Å². The number of hydrogen-bond donors (Lipinski definition) is 3. The third-order valence-corrected chi connectivity index (χ3v) is 11.4. The molecule has 1 saturated heterocycles. The van der Waals surface area contributed by atoms with Gasteiger partial charge in [-0.15, -0.1) is 11.8 Å². The molecule has 3 aromatic heterocycles. The Hall–Kier alpha value is -4.13. The zero-order chi connectivity index (χ0) is 35.2. The number of imidazole rings is 1. The molecule has 1 fully saturated rings. The Morgan fingerprint density at radius 3 is 2.47 bits per heavy atom. The SMILES string of the molecule is CC1(C)SCN(S(=O)(=O)c2cccnc2)C1C(=O)NC(Cc1ccc(-n2c(=O)n(CCOCCOCCN)c3cccnc32)cc1)C(=O)O. The average molecular weight is 714 g/mol. The van der Waals surface area contributed by atoms with Gasteiger partial charge in [-0.1, -0.05) is 12.1 Å². The molecular weight excluding hydrogens is 675 g/mol. The summed E-state index contributed by atoms with van der Waals surface area (Å²) in [4.78, 5) is 47.8. The minimum atomic E-state index is -4.09. The van der Waals surface area contributed by atoms with E-state index in [4.69, 9.17) is 15.2 Å². The van der Waals surface area contributed by atoms with Crippen LogP contribution in [0.1, 0.15) is 19.4 Å². The van der Waals surface area contributed by atoms with Gasteiger partial charge in [-0.05, 0) is 55.8 Å². The molecule has 17 heteroatoms. The fourth-order valence-corrected chi connectivity index (χ4v) is 8.72. The molecular formula is C32H39N7O8S2. The van der Waals surface area contributed by atoms with E-state index in [1.54, 1.807) is 61.0 Å². The lowest BCUT2D eigenvalue weighted by Crippen LogP contribution is -2.56. The van der Waals surface area contributed by atoms with Crippen molar-refractivity contribution in [3.8, 4) is 5.69 Å². The Morgan fingerprint density at radius 1 is 1.08 bits per heavy atom. The molecule has 2 unspecified atom stereocenters. The number of benzene rings is 1. The molecule has 1 aliphatic heterocycles. The number of carboxylic acids is 1. The number of amides is 1. The maximum absolute atomic E-state index is 13.6. The van der Waals surface area contributed by atoms with Gasteiger partial charge >= 0.3 is 11.7 Å². The van der Waals surface area contributed by atoms with Crippen molar-refractivity contribution < 1.29 is 32.6 Å². The number of aromatic nitrogens is 4. The maximum Gasteiger partial charge on any atom is 0.335 e. The van der Waals surface area contributed by atoms with E-state index in [1.165, 1.54) is 40.9 Å². The van der Waals surface area contributed by atoms with Gasteiger partial charge in [0.25, 0.3) is 0 Å². The lowest BCUT2D eigenvalue weighted by molar-refractivity contribution is -0.142. The van der Waals surface area contributed by atoms with Crippen molar-refractivity contribution in [1.82, 2.24) is 28.7 Å². The molecule has 1 aliphatic rings. The van der Waals surface area contributed by atoms with Gasteiger partial charge in [0.15, 0.2) is 5.65 Å². The predicted molar refractivity (Wildman–Crippen MR) is 183 cm³/mol. The van der Waals surface area contributed by atoms with Crippen LogP contribution < -0.4 is 16.7 Å². The van der Waals surface area contributed by atoms with E-state index >= 15 is 0 Å². The summed E-state index contributed by atoms with van der Waals surface area (Å²) >= 11 is 1.28. The van der Waals surface area contributed by atoms with E-state index in [9.17, 15) is 27.9 Å². The summed E-state index contributed by atoms with van der Waals surface area (Å²) in [5.74, 6) is -1.98. The zero-order valence-corrected chi connectivity index (χ0v) is 28.7. The van der Waals surface area contributed by atoms with Gasteiger partial charge in [0.05, 0.1) is 50.1 Å². The van der Waals surface area contributed by atoms with Crippen molar-refractivity contribution in [3.05, 3.63) is 83.2 Å². The largest absolute Gasteiger partial charge is 0.480 e. The second-order valence-electron chi connectivity index (χ2n) is 11.8. The lowest BCUT2D eigenvalue weighted by Gasteiger charge is -2.30. The fraction of sp³-hybridized carbons (Fsp3) is 0.406. The number of rotatable bonds is 16. The summed E-state index contributed by atoms with van der Waals surface area (Å²) in [6, 6.07) is 10.6. The molecule has 4 N–H and O–H groups in total. The highest BCUT2D eigenvalue weighted by Gasteiger charge is 2.51. The van der Waals surface area contributed by atoms with Crippen molar-refractivity contribution in [2.24, 2.45) is 5.73 Å². The van der Waals surface area contributed by atoms with Crippen molar-refractivity contribution >= 4 is 44.8 Å². The number of hydrogen-bond acceptors (Lipinski definition) is 11. The molecule has 0 radical (unpaired) electrons. The van der Waals surface area contributed by atoms with Crippen LogP contribution in [0.5, 0.6) is 0 Å². The molecule has 1 aromatic carbocycles. The van der Waals surface area contributed by atoms with Crippen LogP contribution in [0.15, 0.2) is 76.8 Å². The van der Waals surface area contributed by atoms with Gasteiger partial charge in [0.1, 0.15) is 17.0 Å². The van der Waals surface area contributed by atoms with Crippen LogP contribution in [0.2, 0.25) is 0 Å². The number of thioether (sulfide) groups is 1. The summed E-state index contributed by atoms with van der Waals surface area (Å²) in [6.07, 6.45) is 4.17. The van der Waals surface area contributed by atoms with Gasteiger partial charge in [0.2, 0.25) is 15.9 Å². The van der Waals surface area contributed by atoms with Gasteiger partial charge in [-0.25, -0.2) is 27.6 Å². The second-order valence-corrected chi connectivity index (χ2v) is 15.2. The second kappa shape index (κ2) is 15.6. The molecule has 262 valence electrons. The average Bonchev–Trinajstić information content (AvgIpc) is 3.57. The highest BCUT2D eigenvalue weighted by molar-refractivity contribution is 8.02. The van der Waals surface area contributed by atoms with E-state index in [2.05, 4.69) is 15.3 Å². The van der Waals surface area contributed by atoms with E-state index in [-0.39, 0.29) is 29.5 Å². The Labute approximate surface area is 287 Å². The van der Waals surface area contributed by atoms with E-state index in [0.29, 0.717) is 55.3 Å². The third kappa shape index (κ3) is 8.03. The molecule has 0 spiro atoms. The maximum atomic E-state index is 13.6. The van der Waals surface area contributed by atoms with Crippen LogP contribution in [0.3, 0.4) is 0 Å². The van der Waals surface area contributed by atoms with Crippen molar-refractivity contribution in [3.63, 3.8) is 0 Å². The summed E-state index contributed by atoms with van der Waals surface area (Å²) in [7, 11) is -4.09. The Bertz CT molecular complexity index is 1930. The third-order valence-electron chi connectivity index (χ3n) is 8.03. The van der Waals surface area contributed by atoms with Gasteiger partial charge < -0.3 is 25.6 Å². The zero-order valence-electron chi connectivity index (χ0n) is 27.1. The first kappa shape index (κ1) is 36.2. The van der Waals surface area contributed by atoms with Gasteiger partial charge in [-0.2, -0.15) is 4.31 Å². The number of carboxylic acid groups (broad SMARTS) is 1. The van der Waals surface area contributed by atoms with Crippen molar-refractivity contribution in [2.45, 2.75) is 48.5 Å². The Morgan fingerprint density at radius 2 is 1.80 bits per heavy atom. The molecule has 0 aliphatic carbocycles. The van der Waals surface area contributed by atoms with Crippen LogP contribution in [0, 0.1) is 0 Å². The monoisotopic (exact) mass is 713 g/mol. The first-order valence-corrected chi connectivity index (χ1v) is 18.0. The molecule has 0 saturated carbocycles. The first-order valence-electron chi connectivity index (χ1n) is 15.6. The quantitative estimate of drug-likeness (QED) is 0.141. The van der Waals surface area contributed by atoms with Crippen LogP contribution >= 0.6 is 11.8 Å². The Kier molecular flexibility index (Phi) is 11.5. The van der Waals surface area contributed by atoms with Crippen LogP contribution in [-0.4, -0.2) is 104 Å². The standard InChI is InChI=1S/C32H39N7O8S2/c1-32(2)27(38(21-48-32)49(44,45)24-5-3-12-34-20-24)29(40)36-25(30(41)42)19-22-7-9-23(10-8-22)39-28-26(6-4-13-35-28)37(31(39)43)14-16-47-18-17-46-15-11-33/h3-10,12-13,20,25,27H,11,14-19,21,33H2,1-2H3,(H,36,40)(H,41,42). The summed E-state index contributed by atoms with van der Waals surface area (Å²) in [5.41, 5.74) is 7.26. The normalized spacial score (nSPS) is 16.9. The van der Waals surface area contributed by atoms with E-state index in [1.807, 2.05) is 0 Å². The highest BCUT2D eigenvalue weighted by atomic mass is 32.2. The number of fused-ring (bicyclic) bond motifs is 1. The van der Waals surface area contributed by atoms with E-state index < -0.39 is 38.7 Å². The summed E-state index contributed by atoms with van der Waals surface area (Å²) < 4.78 is 41.1. The van der Waals surface area contributed by atoms with Crippen molar-refractivity contribution in [1.29, 1.82) is 0 Å². The van der Waals surface area contributed by atoms with Crippen LogP contribution in [-0.2, 0) is 42.1 Å². The fourth-order valence-electron chi connectivity index (χ4n) is 5.58. The van der Waals surface area contributed by atoms with Crippen molar-refractivity contribution in [2.75, 3.05) is 38.8 Å². The van der Waals surface area contributed by atoms with Crippen LogP contribution in [0.4, 0.5) is 0 Å². The number of ether oxygens (including phenoxy) is 2. The number of sulfonamides is 1. The number of carbonyl (C=O) groups is 2. The van der Waals surface area contributed by atoms with Crippen LogP contribution in [0.25, 0.3) is 16.9 Å². The molecule has 0 bridgehead atoms. The molecule has 4 heterocycles. The van der Waals surface area contributed by atoms with Gasteiger partial charge in [-0.3, -0.25) is 14.3 Å². The smallest absolute Gasteiger partial charge is 0.335 e. The number of aliphatic carboxylic acids is 1.